The Morgan fingerprint density at radius 2 is 2.33 bits per heavy atom. The van der Waals surface area contributed by atoms with Crippen LogP contribution < -0.4 is 5.73 Å². The van der Waals surface area contributed by atoms with Crippen molar-refractivity contribution in [2.75, 3.05) is 12.0 Å². The fourth-order valence-corrected chi connectivity index (χ4v) is 1.55. The Hall–Kier alpha value is 0.310. The lowest BCUT2D eigenvalue weighted by Gasteiger charge is -1.94. The summed E-state index contributed by atoms with van der Waals surface area (Å²) < 4.78 is 0. The highest BCUT2D eigenvalue weighted by atomic mass is 32.2. The molecule has 1 unspecified atom stereocenters. The Bertz CT molecular complexity index is 85.0. The SMILES string of the molecule is CSCCCC1C[C@@H]1N. The van der Waals surface area contributed by atoms with Crippen molar-refractivity contribution in [3.05, 3.63) is 0 Å². The number of hydrogen-bond donors (Lipinski definition) is 1. The van der Waals surface area contributed by atoms with E-state index in [2.05, 4.69) is 6.26 Å². The maximum absolute atomic E-state index is 5.64. The van der Waals surface area contributed by atoms with E-state index in [1.807, 2.05) is 11.8 Å². The molecule has 0 amide bonds. The maximum atomic E-state index is 5.64. The Labute approximate surface area is 61.4 Å². The van der Waals surface area contributed by atoms with E-state index in [9.17, 15) is 0 Å². The van der Waals surface area contributed by atoms with E-state index >= 15 is 0 Å². The Morgan fingerprint density at radius 1 is 1.67 bits per heavy atom. The van der Waals surface area contributed by atoms with Crippen LogP contribution >= 0.6 is 11.8 Å². The zero-order valence-electron chi connectivity index (χ0n) is 5.97. The normalized spacial score (nSPS) is 32.7. The Kier molecular flexibility index (Phi) is 2.86. The minimum absolute atomic E-state index is 0.562. The summed E-state index contributed by atoms with van der Waals surface area (Å²) in [5.74, 6) is 2.19. The van der Waals surface area contributed by atoms with Gasteiger partial charge in [0.1, 0.15) is 0 Å². The van der Waals surface area contributed by atoms with Crippen LogP contribution in [-0.4, -0.2) is 18.1 Å². The molecule has 2 N–H and O–H groups in total. The lowest BCUT2D eigenvalue weighted by Crippen LogP contribution is -2.01. The third kappa shape index (κ3) is 2.59. The molecule has 1 nitrogen and oxygen atoms in total. The van der Waals surface area contributed by atoms with Gasteiger partial charge in [-0.1, -0.05) is 0 Å². The molecule has 1 saturated carbocycles. The van der Waals surface area contributed by atoms with Gasteiger partial charge >= 0.3 is 0 Å². The van der Waals surface area contributed by atoms with Crippen LogP contribution in [0.4, 0.5) is 0 Å². The van der Waals surface area contributed by atoms with Gasteiger partial charge in [-0.05, 0) is 37.2 Å². The summed E-state index contributed by atoms with van der Waals surface area (Å²) in [5, 5.41) is 0. The van der Waals surface area contributed by atoms with Crippen molar-refractivity contribution < 1.29 is 0 Å². The van der Waals surface area contributed by atoms with Crippen molar-refractivity contribution in [1.82, 2.24) is 0 Å². The molecular formula is C7H15NS. The molecule has 0 heterocycles. The average molecular weight is 145 g/mol. The summed E-state index contributed by atoms with van der Waals surface area (Å²) in [5.41, 5.74) is 5.64. The van der Waals surface area contributed by atoms with Crippen molar-refractivity contribution in [2.45, 2.75) is 25.3 Å². The summed E-state index contributed by atoms with van der Waals surface area (Å²) in [6, 6.07) is 0.562. The minimum atomic E-state index is 0.562. The standard InChI is InChI=1S/C7H15NS/c1-9-4-2-3-6-5-7(6)8/h6-7H,2-5,8H2,1H3/t6?,7-/m0/s1. The van der Waals surface area contributed by atoms with Crippen LogP contribution in [0.2, 0.25) is 0 Å². The first-order valence-corrected chi connectivity index (χ1v) is 4.98. The van der Waals surface area contributed by atoms with Crippen LogP contribution in [0, 0.1) is 5.92 Å². The maximum Gasteiger partial charge on any atom is 0.00709 e. The second kappa shape index (κ2) is 3.47. The van der Waals surface area contributed by atoms with Crippen LogP contribution in [0.5, 0.6) is 0 Å². The zero-order chi connectivity index (χ0) is 6.69. The number of hydrogen-bond acceptors (Lipinski definition) is 2. The van der Waals surface area contributed by atoms with Crippen LogP contribution in [0.15, 0.2) is 0 Å². The molecule has 1 aliphatic rings. The average Bonchev–Trinajstić information content (AvgIpc) is 2.48. The third-order valence-electron chi connectivity index (χ3n) is 1.90. The Morgan fingerprint density at radius 3 is 2.78 bits per heavy atom. The molecule has 0 bridgehead atoms. The molecule has 1 rings (SSSR count). The molecule has 0 radical (unpaired) electrons. The second-order valence-electron chi connectivity index (χ2n) is 2.79. The lowest BCUT2D eigenvalue weighted by atomic mass is 10.2. The molecule has 0 spiro atoms. The van der Waals surface area contributed by atoms with Crippen LogP contribution in [0.3, 0.4) is 0 Å². The van der Waals surface area contributed by atoms with E-state index in [4.69, 9.17) is 5.73 Å². The van der Waals surface area contributed by atoms with Gasteiger partial charge in [-0.2, -0.15) is 11.8 Å². The third-order valence-corrected chi connectivity index (χ3v) is 2.60. The van der Waals surface area contributed by atoms with E-state index in [0.717, 1.165) is 5.92 Å². The fraction of sp³-hybridized carbons (Fsp3) is 1.00. The van der Waals surface area contributed by atoms with Crippen LogP contribution in [-0.2, 0) is 0 Å². The number of nitrogens with two attached hydrogens (primary N) is 1. The first kappa shape index (κ1) is 7.42. The van der Waals surface area contributed by atoms with Crippen LogP contribution in [0.1, 0.15) is 19.3 Å². The van der Waals surface area contributed by atoms with Crippen molar-refractivity contribution in [2.24, 2.45) is 11.7 Å². The van der Waals surface area contributed by atoms with Gasteiger partial charge in [0, 0.05) is 6.04 Å². The highest BCUT2D eigenvalue weighted by Gasteiger charge is 2.31. The highest BCUT2D eigenvalue weighted by molar-refractivity contribution is 7.98. The molecule has 2 atom stereocenters. The van der Waals surface area contributed by atoms with Crippen molar-refractivity contribution in [1.29, 1.82) is 0 Å². The quantitative estimate of drug-likeness (QED) is 0.606. The van der Waals surface area contributed by atoms with Gasteiger partial charge in [0.25, 0.3) is 0 Å². The molecule has 0 aliphatic heterocycles. The van der Waals surface area contributed by atoms with E-state index in [1.54, 1.807) is 0 Å². The lowest BCUT2D eigenvalue weighted by molar-refractivity contribution is 0.688. The van der Waals surface area contributed by atoms with E-state index in [1.165, 1.54) is 25.0 Å². The van der Waals surface area contributed by atoms with Gasteiger partial charge in [-0.25, -0.2) is 0 Å². The zero-order valence-corrected chi connectivity index (χ0v) is 6.79. The molecule has 0 aromatic carbocycles. The van der Waals surface area contributed by atoms with E-state index < -0.39 is 0 Å². The van der Waals surface area contributed by atoms with Gasteiger partial charge < -0.3 is 5.73 Å². The summed E-state index contributed by atoms with van der Waals surface area (Å²) in [6.07, 6.45) is 6.17. The van der Waals surface area contributed by atoms with Gasteiger partial charge in [0.05, 0.1) is 0 Å². The predicted octanol–water partition coefficient (Wildman–Crippen LogP) is 1.48. The van der Waals surface area contributed by atoms with E-state index in [0.29, 0.717) is 6.04 Å². The molecule has 1 fully saturated rings. The molecule has 0 aromatic heterocycles. The molecule has 1 aliphatic carbocycles. The molecule has 0 saturated heterocycles. The second-order valence-corrected chi connectivity index (χ2v) is 3.78. The first-order chi connectivity index (χ1) is 4.34. The summed E-state index contributed by atoms with van der Waals surface area (Å²) in [4.78, 5) is 0. The summed E-state index contributed by atoms with van der Waals surface area (Å²) in [7, 11) is 0. The summed E-state index contributed by atoms with van der Waals surface area (Å²) in [6.45, 7) is 0. The smallest absolute Gasteiger partial charge is 0.00709 e. The number of thioether (sulfide) groups is 1. The predicted molar refractivity (Wildman–Crippen MR) is 43.7 cm³/mol. The first-order valence-electron chi connectivity index (χ1n) is 3.59. The number of rotatable bonds is 4. The van der Waals surface area contributed by atoms with Gasteiger partial charge in [0.2, 0.25) is 0 Å². The largest absolute Gasteiger partial charge is 0.327 e. The molecule has 9 heavy (non-hydrogen) atoms. The molecule has 0 aromatic rings. The van der Waals surface area contributed by atoms with Gasteiger partial charge in [-0.3, -0.25) is 0 Å². The molecule has 54 valence electrons. The topological polar surface area (TPSA) is 26.0 Å². The highest BCUT2D eigenvalue weighted by Crippen LogP contribution is 2.32. The molecular weight excluding hydrogens is 130 g/mol. The van der Waals surface area contributed by atoms with Gasteiger partial charge in [-0.15, -0.1) is 0 Å². The molecule has 2 heteroatoms. The Balaban J connectivity index is 1.83. The summed E-state index contributed by atoms with van der Waals surface area (Å²) >= 11 is 1.93. The van der Waals surface area contributed by atoms with Crippen LogP contribution in [0.25, 0.3) is 0 Å². The van der Waals surface area contributed by atoms with E-state index in [-0.39, 0.29) is 0 Å². The fourth-order valence-electron chi connectivity index (χ4n) is 1.09. The van der Waals surface area contributed by atoms with Crippen molar-refractivity contribution in [3.8, 4) is 0 Å². The van der Waals surface area contributed by atoms with Crippen molar-refractivity contribution in [3.63, 3.8) is 0 Å². The van der Waals surface area contributed by atoms with Crippen molar-refractivity contribution >= 4 is 11.8 Å². The monoisotopic (exact) mass is 145 g/mol. The van der Waals surface area contributed by atoms with Gasteiger partial charge in [0.15, 0.2) is 0 Å². The minimum Gasteiger partial charge on any atom is -0.327 e.